The summed E-state index contributed by atoms with van der Waals surface area (Å²) in [6.07, 6.45) is 2.08. The van der Waals surface area contributed by atoms with E-state index in [4.69, 9.17) is 5.73 Å². The summed E-state index contributed by atoms with van der Waals surface area (Å²) >= 11 is 0. The van der Waals surface area contributed by atoms with Crippen molar-refractivity contribution in [2.45, 2.75) is 69.4 Å². The van der Waals surface area contributed by atoms with Gasteiger partial charge in [0, 0.05) is 12.8 Å². The van der Waals surface area contributed by atoms with Crippen LogP contribution in [0.25, 0.3) is 0 Å². The van der Waals surface area contributed by atoms with E-state index in [-0.39, 0.29) is 18.3 Å². The largest absolute Gasteiger partial charge is 0.388 e. The van der Waals surface area contributed by atoms with Crippen LogP contribution in [0.4, 0.5) is 8.78 Å². The summed E-state index contributed by atoms with van der Waals surface area (Å²) in [5, 5.41) is 10.5. The van der Waals surface area contributed by atoms with Crippen LogP contribution >= 0.6 is 0 Å². The minimum Gasteiger partial charge on any atom is -0.388 e. The molecular weight excluding hydrogens is 212 g/mol. The molecule has 0 aromatic rings. The summed E-state index contributed by atoms with van der Waals surface area (Å²) in [6.45, 7) is 4.29. The lowest BCUT2D eigenvalue weighted by Gasteiger charge is -2.57. The molecule has 0 radical (unpaired) electrons. The Morgan fingerprint density at radius 3 is 1.81 bits per heavy atom. The van der Waals surface area contributed by atoms with Crippen molar-refractivity contribution in [1.29, 1.82) is 0 Å². The number of rotatable bonds is 1. The Bertz CT molecular complexity index is 283. The lowest BCUT2D eigenvalue weighted by molar-refractivity contribution is -0.204. The second-order valence-corrected chi connectivity index (χ2v) is 6.56. The Morgan fingerprint density at radius 1 is 1.00 bits per heavy atom. The zero-order valence-corrected chi connectivity index (χ0v) is 10.0. The van der Waals surface area contributed by atoms with E-state index >= 15 is 0 Å². The maximum atomic E-state index is 12.9. The molecular formula is C12H21F2NO. The van der Waals surface area contributed by atoms with E-state index in [0.29, 0.717) is 12.8 Å². The van der Waals surface area contributed by atoms with Gasteiger partial charge in [-0.05, 0) is 31.1 Å². The molecule has 2 aliphatic rings. The molecule has 0 atom stereocenters. The average Bonchev–Trinajstić information content (AvgIpc) is 2.07. The topological polar surface area (TPSA) is 46.2 Å². The third kappa shape index (κ3) is 1.86. The third-order valence-corrected chi connectivity index (χ3v) is 4.51. The van der Waals surface area contributed by atoms with Crippen LogP contribution in [-0.4, -0.2) is 22.2 Å². The molecule has 0 unspecified atom stereocenters. The highest BCUT2D eigenvalue weighted by atomic mass is 19.3. The van der Waals surface area contributed by atoms with E-state index in [0.717, 1.165) is 12.8 Å². The number of hydrogen-bond acceptors (Lipinski definition) is 2. The predicted octanol–water partition coefficient (Wildman–Crippen LogP) is 2.44. The van der Waals surface area contributed by atoms with Gasteiger partial charge >= 0.3 is 0 Å². The highest BCUT2D eigenvalue weighted by Crippen LogP contribution is 2.55. The van der Waals surface area contributed by atoms with Crippen molar-refractivity contribution in [1.82, 2.24) is 0 Å². The summed E-state index contributed by atoms with van der Waals surface area (Å²) in [5.74, 6) is -2.67. The third-order valence-electron chi connectivity index (χ3n) is 4.51. The molecule has 2 fully saturated rings. The van der Waals surface area contributed by atoms with E-state index in [9.17, 15) is 13.9 Å². The minimum absolute atomic E-state index is 0.203. The van der Waals surface area contributed by atoms with Crippen LogP contribution in [0.1, 0.15) is 52.4 Å². The molecule has 2 nitrogen and oxygen atoms in total. The Balaban J connectivity index is 2.05. The van der Waals surface area contributed by atoms with Gasteiger partial charge in [-0.2, -0.15) is 0 Å². The van der Waals surface area contributed by atoms with Crippen LogP contribution in [0.2, 0.25) is 0 Å². The van der Waals surface area contributed by atoms with Gasteiger partial charge in [0.05, 0.1) is 11.1 Å². The van der Waals surface area contributed by atoms with Gasteiger partial charge in [-0.1, -0.05) is 13.8 Å². The van der Waals surface area contributed by atoms with Crippen molar-refractivity contribution in [2.24, 2.45) is 11.1 Å². The zero-order valence-electron chi connectivity index (χ0n) is 10.0. The molecule has 0 bridgehead atoms. The van der Waals surface area contributed by atoms with Crippen molar-refractivity contribution in [2.75, 3.05) is 0 Å². The first kappa shape index (κ1) is 12.2. The molecule has 94 valence electrons. The summed E-state index contributed by atoms with van der Waals surface area (Å²) in [7, 11) is 0. The molecule has 0 spiro atoms. The smallest absolute Gasteiger partial charge is 0.251 e. The first-order valence-electron chi connectivity index (χ1n) is 5.97. The van der Waals surface area contributed by atoms with Gasteiger partial charge in [-0.25, -0.2) is 8.78 Å². The van der Waals surface area contributed by atoms with Crippen LogP contribution in [0, 0.1) is 5.41 Å². The van der Waals surface area contributed by atoms with Gasteiger partial charge in [-0.15, -0.1) is 0 Å². The molecule has 0 aliphatic heterocycles. The molecule has 0 aromatic heterocycles. The van der Waals surface area contributed by atoms with Crippen molar-refractivity contribution in [3.63, 3.8) is 0 Å². The molecule has 4 heteroatoms. The van der Waals surface area contributed by atoms with Crippen LogP contribution < -0.4 is 5.73 Å². The van der Waals surface area contributed by atoms with Gasteiger partial charge in [0.2, 0.25) is 0 Å². The Morgan fingerprint density at radius 2 is 1.44 bits per heavy atom. The molecule has 2 aliphatic carbocycles. The zero-order chi connectivity index (χ0) is 12.2. The standard InChI is InChI=1S/C12H21F2NO/c1-9(2)3-5-11(16,6-4-9)10(15)7-12(13,14)8-10/h16H,3-8,15H2,1-2H3. The van der Waals surface area contributed by atoms with Crippen LogP contribution in [0.15, 0.2) is 0 Å². The van der Waals surface area contributed by atoms with E-state index in [1.54, 1.807) is 0 Å². The number of nitrogens with two attached hydrogens (primary N) is 1. The summed E-state index contributed by atoms with van der Waals surface area (Å²) < 4.78 is 25.8. The summed E-state index contributed by atoms with van der Waals surface area (Å²) in [5.41, 5.74) is 4.01. The van der Waals surface area contributed by atoms with Crippen molar-refractivity contribution in [3.05, 3.63) is 0 Å². The fourth-order valence-electron chi connectivity index (χ4n) is 3.04. The highest BCUT2D eigenvalue weighted by molar-refractivity contribution is 5.16. The maximum absolute atomic E-state index is 12.9. The fourth-order valence-corrected chi connectivity index (χ4v) is 3.04. The predicted molar refractivity (Wildman–Crippen MR) is 58.3 cm³/mol. The Hall–Kier alpha value is -0.220. The number of aliphatic hydroxyl groups is 1. The molecule has 0 saturated heterocycles. The quantitative estimate of drug-likeness (QED) is 0.730. The highest BCUT2D eigenvalue weighted by Gasteiger charge is 2.64. The van der Waals surface area contributed by atoms with Gasteiger partial charge in [0.15, 0.2) is 0 Å². The van der Waals surface area contributed by atoms with E-state index < -0.39 is 17.1 Å². The second-order valence-electron chi connectivity index (χ2n) is 6.56. The molecule has 16 heavy (non-hydrogen) atoms. The van der Waals surface area contributed by atoms with Crippen molar-refractivity contribution < 1.29 is 13.9 Å². The van der Waals surface area contributed by atoms with E-state index in [1.807, 2.05) is 0 Å². The molecule has 2 rings (SSSR count). The van der Waals surface area contributed by atoms with Crippen molar-refractivity contribution >= 4 is 0 Å². The van der Waals surface area contributed by atoms with Crippen LogP contribution in [-0.2, 0) is 0 Å². The summed E-state index contributed by atoms with van der Waals surface area (Å²) in [4.78, 5) is 0. The lowest BCUT2D eigenvalue weighted by Crippen LogP contribution is -2.71. The first-order valence-corrected chi connectivity index (χ1v) is 5.97. The van der Waals surface area contributed by atoms with E-state index in [1.165, 1.54) is 0 Å². The first-order chi connectivity index (χ1) is 7.08. The molecule has 2 saturated carbocycles. The monoisotopic (exact) mass is 233 g/mol. The molecule has 3 N–H and O–H groups in total. The minimum atomic E-state index is -2.67. The number of alkyl halides is 2. The van der Waals surface area contributed by atoms with Crippen LogP contribution in [0.5, 0.6) is 0 Å². The number of halogens is 2. The normalized spacial score (nSPS) is 34.1. The molecule has 0 heterocycles. The average molecular weight is 233 g/mol. The van der Waals surface area contributed by atoms with Gasteiger partial charge in [0.1, 0.15) is 0 Å². The lowest BCUT2D eigenvalue weighted by atomic mass is 9.56. The fraction of sp³-hybridized carbons (Fsp3) is 1.00. The second kappa shape index (κ2) is 3.16. The molecule has 0 aromatic carbocycles. The van der Waals surface area contributed by atoms with Crippen LogP contribution in [0.3, 0.4) is 0 Å². The Kier molecular flexibility index (Phi) is 2.42. The van der Waals surface area contributed by atoms with Gasteiger partial charge in [0.25, 0.3) is 5.92 Å². The Labute approximate surface area is 95.2 Å². The number of hydrogen-bond donors (Lipinski definition) is 2. The maximum Gasteiger partial charge on any atom is 0.251 e. The molecule has 0 amide bonds. The van der Waals surface area contributed by atoms with E-state index in [2.05, 4.69) is 13.8 Å². The SMILES string of the molecule is CC1(C)CCC(O)(C2(N)CC(F)(F)C2)CC1. The van der Waals surface area contributed by atoms with Crippen molar-refractivity contribution in [3.8, 4) is 0 Å². The van der Waals surface area contributed by atoms with Gasteiger partial charge in [-0.3, -0.25) is 0 Å². The summed E-state index contributed by atoms with van der Waals surface area (Å²) in [6, 6.07) is 0. The van der Waals surface area contributed by atoms with Gasteiger partial charge < -0.3 is 10.8 Å².